The van der Waals surface area contributed by atoms with Crippen LogP contribution in [0.15, 0.2) is 18.3 Å². The first-order chi connectivity index (χ1) is 8.04. The van der Waals surface area contributed by atoms with E-state index < -0.39 is 17.9 Å². The normalized spacial score (nSPS) is 11.8. The van der Waals surface area contributed by atoms with E-state index in [2.05, 4.69) is 10.3 Å². The van der Waals surface area contributed by atoms with Crippen LogP contribution in [-0.4, -0.2) is 28.0 Å². The molecule has 92 valence electrons. The van der Waals surface area contributed by atoms with E-state index in [-0.39, 0.29) is 5.69 Å². The first-order valence-corrected chi connectivity index (χ1v) is 5.29. The van der Waals surface area contributed by atoms with E-state index >= 15 is 0 Å². The Kier molecular flexibility index (Phi) is 4.45. The number of anilines is 1. The number of nitrogens with zero attached hydrogens (tertiary/aromatic N) is 1. The molecule has 1 aromatic rings. The molecule has 17 heavy (non-hydrogen) atoms. The number of aromatic nitrogens is 1. The Labute approximate surface area is 98.8 Å². The molecule has 4 N–H and O–H groups in total. The fourth-order valence-corrected chi connectivity index (χ4v) is 1.32. The van der Waals surface area contributed by atoms with Crippen molar-refractivity contribution in [3.63, 3.8) is 0 Å². The summed E-state index contributed by atoms with van der Waals surface area (Å²) in [6.45, 7) is 1.85. The van der Waals surface area contributed by atoms with Gasteiger partial charge in [-0.2, -0.15) is 0 Å². The summed E-state index contributed by atoms with van der Waals surface area (Å²) in [5.74, 6) is -1.55. The van der Waals surface area contributed by atoms with E-state index in [1.54, 1.807) is 0 Å². The second-order valence-corrected chi connectivity index (χ2v) is 3.63. The molecule has 0 aliphatic carbocycles. The Morgan fingerprint density at radius 3 is 2.71 bits per heavy atom. The van der Waals surface area contributed by atoms with Gasteiger partial charge >= 0.3 is 5.97 Å². The highest BCUT2D eigenvalue weighted by Crippen LogP contribution is 2.03. The first kappa shape index (κ1) is 13.0. The third-order valence-electron chi connectivity index (χ3n) is 2.20. The minimum Gasteiger partial charge on any atom is -0.480 e. The first-order valence-electron chi connectivity index (χ1n) is 5.29. The molecule has 1 unspecified atom stereocenters. The van der Waals surface area contributed by atoms with Crippen LogP contribution in [0.25, 0.3) is 0 Å². The lowest BCUT2D eigenvalue weighted by Gasteiger charge is -2.12. The molecular weight excluding hydrogens is 222 g/mol. The molecule has 0 saturated heterocycles. The molecule has 0 spiro atoms. The fraction of sp³-hybridized carbons (Fsp3) is 0.364. The van der Waals surface area contributed by atoms with Gasteiger partial charge in [0.2, 0.25) is 0 Å². The smallest absolute Gasteiger partial charge is 0.326 e. The van der Waals surface area contributed by atoms with Crippen molar-refractivity contribution in [2.75, 3.05) is 5.73 Å². The number of hydrogen-bond donors (Lipinski definition) is 3. The monoisotopic (exact) mass is 237 g/mol. The van der Waals surface area contributed by atoms with Crippen molar-refractivity contribution in [3.05, 3.63) is 24.0 Å². The van der Waals surface area contributed by atoms with Crippen LogP contribution < -0.4 is 11.1 Å². The minimum absolute atomic E-state index is 0.154. The highest BCUT2D eigenvalue weighted by atomic mass is 16.4. The molecule has 1 rings (SSSR count). The quantitative estimate of drug-likeness (QED) is 0.697. The number of rotatable bonds is 5. The lowest BCUT2D eigenvalue weighted by Crippen LogP contribution is -2.40. The summed E-state index contributed by atoms with van der Waals surface area (Å²) in [6, 6.07) is 2.11. The van der Waals surface area contributed by atoms with Crippen molar-refractivity contribution < 1.29 is 14.7 Å². The number of hydrogen-bond acceptors (Lipinski definition) is 4. The van der Waals surface area contributed by atoms with E-state index in [9.17, 15) is 9.59 Å². The van der Waals surface area contributed by atoms with E-state index in [0.29, 0.717) is 18.5 Å². The molecule has 1 amide bonds. The molecule has 1 atom stereocenters. The van der Waals surface area contributed by atoms with Gasteiger partial charge in [0.1, 0.15) is 11.7 Å². The van der Waals surface area contributed by atoms with Gasteiger partial charge in [-0.3, -0.25) is 4.79 Å². The number of nitrogen functional groups attached to an aromatic ring is 1. The summed E-state index contributed by atoms with van der Waals surface area (Å²) >= 11 is 0. The molecule has 0 bridgehead atoms. The standard InChI is InChI=1S/C11H15N3O3/c1-2-3-9(11(16)17)14-10(15)8-5-4-7(12)6-13-8/h4-6,9H,2-3,12H2,1H3,(H,14,15)(H,16,17). The predicted octanol–water partition coefficient (Wildman–Crippen LogP) is 0.647. The molecule has 0 radical (unpaired) electrons. The number of carbonyl (C=O) groups is 2. The van der Waals surface area contributed by atoms with Gasteiger partial charge in [-0.05, 0) is 18.6 Å². The highest BCUT2D eigenvalue weighted by molar-refractivity contribution is 5.95. The van der Waals surface area contributed by atoms with Crippen LogP contribution >= 0.6 is 0 Å². The van der Waals surface area contributed by atoms with Crippen molar-refractivity contribution in [3.8, 4) is 0 Å². The molecule has 0 aliphatic rings. The number of carbonyl (C=O) groups excluding carboxylic acids is 1. The Morgan fingerprint density at radius 2 is 2.24 bits per heavy atom. The third-order valence-corrected chi connectivity index (χ3v) is 2.20. The SMILES string of the molecule is CCCC(NC(=O)c1ccc(N)cn1)C(=O)O. The molecule has 0 aliphatic heterocycles. The topological polar surface area (TPSA) is 105 Å². The lowest BCUT2D eigenvalue weighted by molar-refractivity contribution is -0.139. The van der Waals surface area contributed by atoms with Crippen molar-refractivity contribution in [1.82, 2.24) is 10.3 Å². The Hall–Kier alpha value is -2.11. The minimum atomic E-state index is -1.05. The van der Waals surface area contributed by atoms with Gasteiger partial charge in [0.25, 0.3) is 5.91 Å². The van der Waals surface area contributed by atoms with E-state index in [1.807, 2.05) is 6.92 Å². The number of nitrogens with two attached hydrogens (primary N) is 1. The zero-order valence-electron chi connectivity index (χ0n) is 9.51. The molecule has 0 saturated carbocycles. The molecule has 0 fully saturated rings. The van der Waals surface area contributed by atoms with Crippen molar-refractivity contribution >= 4 is 17.6 Å². The van der Waals surface area contributed by atoms with Crippen LogP contribution in [0.4, 0.5) is 5.69 Å². The maximum absolute atomic E-state index is 11.7. The van der Waals surface area contributed by atoms with Crippen molar-refractivity contribution in [1.29, 1.82) is 0 Å². The number of pyridine rings is 1. The summed E-state index contributed by atoms with van der Waals surface area (Å²) in [4.78, 5) is 26.3. The van der Waals surface area contributed by atoms with Gasteiger partial charge in [0.15, 0.2) is 0 Å². The third kappa shape index (κ3) is 3.75. The molecule has 1 aromatic heterocycles. The Morgan fingerprint density at radius 1 is 1.53 bits per heavy atom. The van der Waals surface area contributed by atoms with Crippen molar-refractivity contribution in [2.24, 2.45) is 0 Å². The van der Waals surface area contributed by atoms with Gasteiger partial charge in [-0.1, -0.05) is 13.3 Å². The molecular formula is C11H15N3O3. The maximum atomic E-state index is 11.7. The van der Waals surface area contributed by atoms with Crippen LogP contribution in [0.3, 0.4) is 0 Å². The van der Waals surface area contributed by atoms with Gasteiger partial charge in [-0.25, -0.2) is 9.78 Å². The largest absolute Gasteiger partial charge is 0.480 e. The number of amides is 1. The molecule has 6 nitrogen and oxygen atoms in total. The van der Waals surface area contributed by atoms with Crippen LogP contribution in [0.5, 0.6) is 0 Å². The predicted molar refractivity (Wildman–Crippen MR) is 62.4 cm³/mol. The van der Waals surface area contributed by atoms with Crippen LogP contribution in [-0.2, 0) is 4.79 Å². The summed E-state index contributed by atoms with van der Waals surface area (Å²) < 4.78 is 0. The maximum Gasteiger partial charge on any atom is 0.326 e. The van der Waals surface area contributed by atoms with E-state index in [0.717, 1.165) is 0 Å². The van der Waals surface area contributed by atoms with Crippen LogP contribution in [0.1, 0.15) is 30.3 Å². The molecule has 1 heterocycles. The summed E-state index contributed by atoms with van der Waals surface area (Å²) in [5, 5.41) is 11.3. The van der Waals surface area contributed by atoms with Gasteiger partial charge in [-0.15, -0.1) is 0 Å². The number of aliphatic carboxylic acids is 1. The van der Waals surface area contributed by atoms with Gasteiger partial charge < -0.3 is 16.2 Å². The summed E-state index contributed by atoms with van der Waals surface area (Å²) in [6.07, 6.45) is 2.41. The van der Waals surface area contributed by atoms with E-state index in [4.69, 9.17) is 10.8 Å². The summed E-state index contributed by atoms with van der Waals surface area (Å²) in [7, 11) is 0. The number of nitrogens with one attached hydrogen (secondary N) is 1. The van der Waals surface area contributed by atoms with Crippen LogP contribution in [0.2, 0.25) is 0 Å². The zero-order chi connectivity index (χ0) is 12.8. The fourth-order valence-electron chi connectivity index (χ4n) is 1.32. The molecule has 6 heteroatoms. The second kappa shape index (κ2) is 5.83. The van der Waals surface area contributed by atoms with E-state index in [1.165, 1.54) is 18.3 Å². The average molecular weight is 237 g/mol. The molecule has 0 aromatic carbocycles. The second-order valence-electron chi connectivity index (χ2n) is 3.63. The highest BCUT2D eigenvalue weighted by Gasteiger charge is 2.19. The Bertz CT molecular complexity index is 403. The number of carboxylic acids is 1. The number of carboxylic acid groups (broad SMARTS) is 1. The van der Waals surface area contributed by atoms with Crippen molar-refractivity contribution in [2.45, 2.75) is 25.8 Å². The Balaban J connectivity index is 2.70. The van der Waals surface area contributed by atoms with Gasteiger partial charge in [0.05, 0.1) is 11.9 Å². The van der Waals surface area contributed by atoms with Crippen LogP contribution in [0, 0.1) is 0 Å². The zero-order valence-corrected chi connectivity index (χ0v) is 9.51. The lowest BCUT2D eigenvalue weighted by atomic mass is 10.1. The average Bonchev–Trinajstić information content (AvgIpc) is 2.29. The summed E-state index contributed by atoms with van der Waals surface area (Å²) in [5.41, 5.74) is 6.04. The van der Waals surface area contributed by atoms with Gasteiger partial charge in [0, 0.05) is 0 Å².